The summed E-state index contributed by atoms with van der Waals surface area (Å²) >= 11 is 0. The molecule has 0 nitrogen and oxygen atoms in total. The maximum absolute atomic E-state index is 2.26. The van der Waals surface area contributed by atoms with E-state index in [1.54, 1.807) is 0 Å². The predicted octanol–water partition coefficient (Wildman–Crippen LogP) is 5.40. The Morgan fingerprint density at radius 1 is 0.722 bits per heavy atom. The molecule has 0 aliphatic rings. The number of hydrogen-bond acceptors (Lipinski definition) is 0. The average molecular weight is 238 g/mol. The maximum atomic E-state index is 2.26. The van der Waals surface area contributed by atoms with Crippen molar-refractivity contribution in [2.45, 2.75) is 40.5 Å². The molecule has 0 radical (unpaired) electrons. The lowest BCUT2D eigenvalue weighted by atomic mass is 9.89. The molecule has 18 heavy (non-hydrogen) atoms. The SMILES string of the molecule is Cc1cccc(-c2cccc(C(C)C)c2C)c1C. The van der Waals surface area contributed by atoms with E-state index in [0.717, 1.165) is 0 Å². The normalized spacial score (nSPS) is 11.0. The number of benzene rings is 2. The van der Waals surface area contributed by atoms with E-state index in [9.17, 15) is 0 Å². The lowest BCUT2D eigenvalue weighted by molar-refractivity contribution is 0.857. The van der Waals surface area contributed by atoms with Crippen molar-refractivity contribution in [2.24, 2.45) is 0 Å². The molecule has 94 valence electrons. The highest BCUT2D eigenvalue weighted by molar-refractivity contribution is 5.72. The Bertz CT molecular complexity index is 562. The van der Waals surface area contributed by atoms with E-state index < -0.39 is 0 Å². The first kappa shape index (κ1) is 12.9. The van der Waals surface area contributed by atoms with E-state index in [4.69, 9.17) is 0 Å². The molecule has 2 aromatic rings. The van der Waals surface area contributed by atoms with Gasteiger partial charge in [0.1, 0.15) is 0 Å². The van der Waals surface area contributed by atoms with E-state index in [-0.39, 0.29) is 0 Å². The third-order valence-corrected chi connectivity index (χ3v) is 3.89. The summed E-state index contributed by atoms with van der Waals surface area (Å²) in [6, 6.07) is 13.2. The van der Waals surface area contributed by atoms with E-state index in [0.29, 0.717) is 5.92 Å². The van der Waals surface area contributed by atoms with Crippen LogP contribution in [0.15, 0.2) is 36.4 Å². The molecule has 0 aromatic heterocycles. The maximum Gasteiger partial charge on any atom is -0.0149 e. The Morgan fingerprint density at radius 2 is 1.28 bits per heavy atom. The van der Waals surface area contributed by atoms with Gasteiger partial charge in [0.2, 0.25) is 0 Å². The topological polar surface area (TPSA) is 0 Å². The highest BCUT2D eigenvalue weighted by Crippen LogP contribution is 2.32. The van der Waals surface area contributed by atoms with Crippen molar-refractivity contribution < 1.29 is 0 Å². The van der Waals surface area contributed by atoms with Crippen LogP contribution in [0.25, 0.3) is 11.1 Å². The highest BCUT2D eigenvalue weighted by atomic mass is 14.1. The summed E-state index contributed by atoms with van der Waals surface area (Å²) in [5, 5.41) is 0. The largest absolute Gasteiger partial charge is 0.0614 e. The van der Waals surface area contributed by atoms with E-state index in [1.807, 2.05) is 0 Å². The average Bonchev–Trinajstić information content (AvgIpc) is 2.33. The Hall–Kier alpha value is -1.56. The number of hydrogen-bond donors (Lipinski definition) is 0. The molecule has 2 aromatic carbocycles. The molecule has 0 spiro atoms. The van der Waals surface area contributed by atoms with Gasteiger partial charge in [-0.2, -0.15) is 0 Å². The molecule has 0 bridgehead atoms. The van der Waals surface area contributed by atoms with Gasteiger partial charge in [-0.05, 0) is 60.1 Å². The summed E-state index contributed by atoms with van der Waals surface area (Å²) in [6.07, 6.45) is 0. The lowest BCUT2D eigenvalue weighted by Gasteiger charge is -2.16. The summed E-state index contributed by atoms with van der Waals surface area (Å²) < 4.78 is 0. The zero-order valence-corrected chi connectivity index (χ0v) is 12.0. The van der Waals surface area contributed by atoms with Gasteiger partial charge in [-0.1, -0.05) is 50.2 Å². The second-order valence-corrected chi connectivity index (χ2v) is 5.42. The van der Waals surface area contributed by atoms with Gasteiger partial charge in [0.25, 0.3) is 0 Å². The molecule has 0 unspecified atom stereocenters. The van der Waals surface area contributed by atoms with Crippen molar-refractivity contribution in [3.8, 4) is 11.1 Å². The van der Waals surface area contributed by atoms with Crippen molar-refractivity contribution >= 4 is 0 Å². The summed E-state index contributed by atoms with van der Waals surface area (Å²) in [7, 11) is 0. The van der Waals surface area contributed by atoms with E-state index >= 15 is 0 Å². The van der Waals surface area contributed by atoms with Crippen LogP contribution < -0.4 is 0 Å². The van der Waals surface area contributed by atoms with Crippen LogP contribution in [-0.2, 0) is 0 Å². The fourth-order valence-corrected chi connectivity index (χ4v) is 2.61. The minimum Gasteiger partial charge on any atom is -0.0614 e. The van der Waals surface area contributed by atoms with Gasteiger partial charge in [0.05, 0.1) is 0 Å². The molecule has 0 aliphatic carbocycles. The molecular formula is C18H22. The first-order valence-electron chi connectivity index (χ1n) is 6.68. The highest BCUT2D eigenvalue weighted by Gasteiger charge is 2.10. The first-order chi connectivity index (χ1) is 8.52. The van der Waals surface area contributed by atoms with Crippen molar-refractivity contribution in [1.29, 1.82) is 0 Å². The zero-order valence-electron chi connectivity index (χ0n) is 12.0. The van der Waals surface area contributed by atoms with Gasteiger partial charge in [-0.3, -0.25) is 0 Å². The van der Waals surface area contributed by atoms with Crippen molar-refractivity contribution in [1.82, 2.24) is 0 Å². The number of rotatable bonds is 2. The quantitative estimate of drug-likeness (QED) is 0.657. The monoisotopic (exact) mass is 238 g/mol. The molecule has 0 heteroatoms. The summed E-state index contributed by atoms with van der Waals surface area (Å²) in [5.74, 6) is 0.579. The summed E-state index contributed by atoms with van der Waals surface area (Å²) in [5.41, 5.74) is 8.37. The van der Waals surface area contributed by atoms with Crippen LogP contribution in [0.3, 0.4) is 0 Å². The molecule has 0 fully saturated rings. The first-order valence-corrected chi connectivity index (χ1v) is 6.68. The zero-order chi connectivity index (χ0) is 13.3. The van der Waals surface area contributed by atoms with E-state index in [1.165, 1.54) is 33.4 Å². The number of aryl methyl sites for hydroxylation is 1. The van der Waals surface area contributed by atoms with Gasteiger partial charge in [-0.15, -0.1) is 0 Å². The minimum absolute atomic E-state index is 0.579. The van der Waals surface area contributed by atoms with Crippen molar-refractivity contribution in [2.75, 3.05) is 0 Å². The van der Waals surface area contributed by atoms with Crippen LogP contribution >= 0.6 is 0 Å². The van der Waals surface area contributed by atoms with Crippen LogP contribution in [-0.4, -0.2) is 0 Å². The molecule has 0 saturated heterocycles. The standard InChI is InChI=1S/C18H22/c1-12(2)16-9-7-11-18(15(16)5)17-10-6-8-13(3)14(17)4/h6-12H,1-5H3. The predicted molar refractivity (Wildman–Crippen MR) is 80.2 cm³/mol. The van der Waals surface area contributed by atoms with Gasteiger partial charge in [-0.25, -0.2) is 0 Å². The molecule has 0 aliphatic heterocycles. The van der Waals surface area contributed by atoms with E-state index in [2.05, 4.69) is 71.0 Å². The Labute approximate surface area is 111 Å². The van der Waals surface area contributed by atoms with Crippen LogP contribution in [0.1, 0.15) is 42.0 Å². The van der Waals surface area contributed by atoms with Crippen LogP contribution in [0.5, 0.6) is 0 Å². The van der Waals surface area contributed by atoms with Gasteiger partial charge < -0.3 is 0 Å². The van der Waals surface area contributed by atoms with Crippen LogP contribution in [0.4, 0.5) is 0 Å². The second kappa shape index (κ2) is 4.97. The fourth-order valence-electron chi connectivity index (χ4n) is 2.61. The van der Waals surface area contributed by atoms with Crippen LogP contribution in [0, 0.1) is 20.8 Å². The molecular weight excluding hydrogens is 216 g/mol. The van der Waals surface area contributed by atoms with Gasteiger partial charge in [0, 0.05) is 0 Å². The van der Waals surface area contributed by atoms with Gasteiger partial charge in [0.15, 0.2) is 0 Å². The molecule has 2 rings (SSSR count). The molecule has 0 heterocycles. The summed E-state index contributed by atoms with van der Waals surface area (Å²) in [6.45, 7) is 11.2. The molecule has 0 saturated carbocycles. The third kappa shape index (κ3) is 2.20. The minimum atomic E-state index is 0.579. The van der Waals surface area contributed by atoms with Crippen molar-refractivity contribution in [3.63, 3.8) is 0 Å². The molecule has 0 amide bonds. The Kier molecular flexibility index (Phi) is 3.56. The third-order valence-electron chi connectivity index (χ3n) is 3.89. The smallest absolute Gasteiger partial charge is 0.0149 e. The fraction of sp³-hybridized carbons (Fsp3) is 0.333. The molecule has 0 atom stereocenters. The Balaban J connectivity index is 2.65. The second-order valence-electron chi connectivity index (χ2n) is 5.42. The van der Waals surface area contributed by atoms with Gasteiger partial charge >= 0.3 is 0 Å². The lowest BCUT2D eigenvalue weighted by Crippen LogP contribution is -1.96. The summed E-state index contributed by atoms with van der Waals surface area (Å²) in [4.78, 5) is 0. The molecule has 0 N–H and O–H groups in total. The van der Waals surface area contributed by atoms with Crippen molar-refractivity contribution in [3.05, 3.63) is 58.7 Å². The van der Waals surface area contributed by atoms with Crippen LogP contribution in [0.2, 0.25) is 0 Å². The Morgan fingerprint density at radius 3 is 1.89 bits per heavy atom.